The van der Waals surface area contributed by atoms with Gasteiger partial charge in [-0.25, -0.2) is 13.4 Å². The summed E-state index contributed by atoms with van der Waals surface area (Å²) in [5, 5.41) is 13.8. The van der Waals surface area contributed by atoms with Crippen LogP contribution in [0.3, 0.4) is 0 Å². The molecule has 136 valence electrons. The highest BCUT2D eigenvalue weighted by Gasteiger charge is 2.14. The number of hydrogen-bond acceptors (Lipinski definition) is 6. The van der Waals surface area contributed by atoms with Gasteiger partial charge in [-0.15, -0.1) is 11.3 Å². The number of carbonyl (C=O) groups is 1. The molecule has 0 saturated carbocycles. The standard InChI is InChI=1S/C19H15N3O3S2/c1-2-27(24,25)16-9-7-15(8-10-16)18(23)22-19-21-17(12-26-19)14-5-3-13(11-20)4-6-14/h3-10,12H,2H2,1H3,(H,21,22,23). The second-order valence-electron chi connectivity index (χ2n) is 5.61. The van der Waals surface area contributed by atoms with Gasteiger partial charge in [-0.3, -0.25) is 10.1 Å². The summed E-state index contributed by atoms with van der Waals surface area (Å²) in [6, 6.07) is 14.9. The van der Waals surface area contributed by atoms with E-state index in [2.05, 4.69) is 16.4 Å². The maximum atomic E-state index is 12.3. The van der Waals surface area contributed by atoms with Crippen LogP contribution in [-0.2, 0) is 9.84 Å². The molecule has 0 unspecified atom stereocenters. The third-order valence-corrected chi connectivity index (χ3v) is 6.40. The molecule has 27 heavy (non-hydrogen) atoms. The molecule has 6 nitrogen and oxygen atoms in total. The van der Waals surface area contributed by atoms with Crippen molar-refractivity contribution in [2.24, 2.45) is 0 Å². The lowest BCUT2D eigenvalue weighted by atomic mass is 10.1. The molecular formula is C19H15N3O3S2. The predicted molar refractivity (Wildman–Crippen MR) is 104 cm³/mol. The number of nitriles is 1. The number of rotatable bonds is 5. The molecule has 0 spiro atoms. The van der Waals surface area contributed by atoms with Crippen molar-refractivity contribution in [3.63, 3.8) is 0 Å². The van der Waals surface area contributed by atoms with Crippen molar-refractivity contribution in [3.05, 3.63) is 65.0 Å². The normalized spacial score (nSPS) is 11.0. The Balaban J connectivity index is 1.73. The van der Waals surface area contributed by atoms with Crippen LogP contribution >= 0.6 is 11.3 Å². The Morgan fingerprint density at radius 3 is 2.41 bits per heavy atom. The minimum Gasteiger partial charge on any atom is -0.298 e. The predicted octanol–water partition coefficient (Wildman–Crippen LogP) is 3.73. The van der Waals surface area contributed by atoms with E-state index < -0.39 is 9.84 Å². The van der Waals surface area contributed by atoms with Crippen molar-refractivity contribution in [1.82, 2.24) is 4.98 Å². The lowest BCUT2D eigenvalue weighted by Gasteiger charge is -2.04. The van der Waals surface area contributed by atoms with Crippen LogP contribution in [0.25, 0.3) is 11.3 Å². The molecule has 0 saturated heterocycles. The summed E-state index contributed by atoms with van der Waals surface area (Å²) in [6.07, 6.45) is 0. The van der Waals surface area contributed by atoms with Crippen LogP contribution in [-0.4, -0.2) is 25.1 Å². The third kappa shape index (κ3) is 4.22. The van der Waals surface area contributed by atoms with Gasteiger partial charge in [0.25, 0.3) is 5.91 Å². The van der Waals surface area contributed by atoms with Crippen LogP contribution in [0, 0.1) is 11.3 Å². The van der Waals surface area contributed by atoms with Crippen molar-refractivity contribution >= 4 is 32.2 Å². The first-order chi connectivity index (χ1) is 12.9. The van der Waals surface area contributed by atoms with E-state index in [9.17, 15) is 13.2 Å². The molecule has 0 radical (unpaired) electrons. The van der Waals surface area contributed by atoms with E-state index >= 15 is 0 Å². The number of benzene rings is 2. The number of amides is 1. The molecule has 1 heterocycles. The number of carbonyl (C=O) groups excluding carboxylic acids is 1. The summed E-state index contributed by atoms with van der Waals surface area (Å²) in [7, 11) is -3.29. The zero-order valence-corrected chi connectivity index (χ0v) is 16.0. The van der Waals surface area contributed by atoms with Gasteiger partial charge in [-0.05, 0) is 36.4 Å². The molecule has 0 fully saturated rings. The lowest BCUT2D eigenvalue weighted by Crippen LogP contribution is -2.12. The van der Waals surface area contributed by atoms with Gasteiger partial charge in [0.05, 0.1) is 28.0 Å². The van der Waals surface area contributed by atoms with Crippen molar-refractivity contribution in [1.29, 1.82) is 5.26 Å². The SMILES string of the molecule is CCS(=O)(=O)c1ccc(C(=O)Nc2nc(-c3ccc(C#N)cc3)cs2)cc1. The molecule has 0 atom stereocenters. The minimum atomic E-state index is -3.29. The molecule has 8 heteroatoms. The van der Waals surface area contributed by atoms with Gasteiger partial charge in [-0.2, -0.15) is 5.26 Å². The summed E-state index contributed by atoms with van der Waals surface area (Å²) in [5.74, 6) is -0.355. The summed E-state index contributed by atoms with van der Waals surface area (Å²) >= 11 is 1.28. The van der Waals surface area contributed by atoms with E-state index in [-0.39, 0.29) is 16.6 Å². The first-order valence-corrected chi connectivity index (χ1v) is 10.6. The number of hydrogen-bond donors (Lipinski definition) is 1. The number of anilines is 1. The second-order valence-corrected chi connectivity index (χ2v) is 8.75. The lowest BCUT2D eigenvalue weighted by molar-refractivity contribution is 0.102. The smallest absolute Gasteiger partial charge is 0.257 e. The molecular weight excluding hydrogens is 382 g/mol. The molecule has 1 amide bonds. The maximum Gasteiger partial charge on any atom is 0.257 e. The van der Waals surface area contributed by atoms with Crippen molar-refractivity contribution in [3.8, 4) is 17.3 Å². The van der Waals surface area contributed by atoms with E-state index in [1.165, 1.54) is 35.6 Å². The van der Waals surface area contributed by atoms with Gasteiger partial charge in [0, 0.05) is 16.5 Å². The van der Waals surface area contributed by atoms with E-state index in [1.807, 2.05) is 5.38 Å². The van der Waals surface area contributed by atoms with Gasteiger partial charge in [0.15, 0.2) is 15.0 Å². The van der Waals surface area contributed by atoms with Gasteiger partial charge in [0.1, 0.15) is 0 Å². The summed E-state index contributed by atoms with van der Waals surface area (Å²) in [5.41, 5.74) is 2.46. The van der Waals surface area contributed by atoms with E-state index in [1.54, 1.807) is 31.2 Å². The summed E-state index contributed by atoms with van der Waals surface area (Å²) in [6.45, 7) is 1.57. The highest BCUT2D eigenvalue weighted by Crippen LogP contribution is 2.25. The fourth-order valence-electron chi connectivity index (χ4n) is 2.33. The van der Waals surface area contributed by atoms with Crippen LogP contribution in [0.5, 0.6) is 0 Å². The Hall–Kier alpha value is -3.02. The summed E-state index contributed by atoms with van der Waals surface area (Å²) in [4.78, 5) is 16.9. The average Bonchev–Trinajstić information content (AvgIpc) is 3.16. The first-order valence-electron chi connectivity index (χ1n) is 8.03. The molecule has 3 aromatic rings. The molecule has 2 aromatic carbocycles. The zero-order valence-electron chi connectivity index (χ0n) is 14.3. The van der Waals surface area contributed by atoms with Gasteiger partial charge >= 0.3 is 0 Å². The van der Waals surface area contributed by atoms with Crippen LogP contribution in [0.4, 0.5) is 5.13 Å². The molecule has 0 aliphatic rings. The average molecular weight is 397 g/mol. The van der Waals surface area contributed by atoms with Crippen molar-refractivity contribution in [2.75, 3.05) is 11.1 Å². The fraction of sp³-hybridized carbons (Fsp3) is 0.105. The minimum absolute atomic E-state index is 0.00970. The summed E-state index contributed by atoms with van der Waals surface area (Å²) < 4.78 is 23.6. The van der Waals surface area contributed by atoms with Crippen LogP contribution in [0.1, 0.15) is 22.8 Å². The Morgan fingerprint density at radius 2 is 1.81 bits per heavy atom. The van der Waals surface area contributed by atoms with Crippen LogP contribution < -0.4 is 5.32 Å². The van der Waals surface area contributed by atoms with Crippen molar-refractivity contribution in [2.45, 2.75) is 11.8 Å². The Bertz CT molecular complexity index is 1110. The maximum absolute atomic E-state index is 12.3. The van der Waals surface area contributed by atoms with E-state index in [0.717, 1.165) is 5.56 Å². The zero-order chi connectivity index (χ0) is 19.4. The largest absolute Gasteiger partial charge is 0.298 e. The fourth-order valence-corrected chi connectivity index (χ4v) is 3.93. The highest BCUT2D eigenvalue weighted by molar-refractivity contribution is 7.91. The van der Waals surface area contributed by atoms with Gasteiger partial charge in [0.2, 0.25) is 0 Å². The number of nitrogens with zero attached hydrogens (tertiary/aromatic N) is 2. The Labute approximate surface area is 161 Å². The van der Waals surface area contributed by atoms with Crippen molar-refractivity contribution < 1.29 is 13.2 Å². The van der Waals surface area contributed by atoms with Crippen LogP contribution in [0.2, 0.25) is 0 Å². The molecule has 0 aliphatic carbocycles. The molecule has 1 aromatic heterocycles. The molecule has 0 bridgehead atoms. The second kappa shape index (κ2) is 7.70. The monoisotopic (exact) mass is 397 g/mol. The molecule has 0 aliphatic heterocycles. The third-order valence-electron chi connectivity index (χ3n) is 3.89. The number of nitrogens with one attached hydrogen (secondary N) is 1. The molecule has 3 rings (SSSR count). The topological polar surface area (TPSA) is 99.9 Å². The van der Waals surface area contributed by atoms with Gasteiger partial charge < -0.3 is 0 Å². The highest BCUT2D eigenvalue weighted by atomic mass is 32.2. The number of thiazole rings is 1. The quantitative estimate of drug-likeness (QED) is 0.707. The van der Waals surface area contributed by atoms with Crippen LogP contribution in [0.15, 0.2) is 58.8 Å². The molecule has 1 N–H and O–H groups in total. The van der Waals surface area contributed by atoms with E-state index in [4.69, 9.17) is 5.26 Å². The first kappa shape index (κ1) is 18.8. The Morgan fingerprint density at radius 1 is 1.15 bits per heavy atom. The Kier molecular flexibility index (Phi) is 5.35. The van der Waals surface area contributed by atoms with Gasteiger partial charge in [-0.1, -0.05) is 19.1 Å². The number of sulfone groups is 1. The van der Waals surface area contributed by atoms with E-state index in [0.29, 0.717) is 22.0 Å². The number of aromatic nitrogens is 1.